The van der Waals surface area contributed by atoms with Crippen LogP contribution in [0.25, 0.3) is 22.0 Å². The third-order valence-electron chi connectivity index (χ3n) is 4.12. The highest BCUT2D eigenvalue weighted by atomic mass is 32.1. The zero-order chi connectivity index (χ0) is 20.2. The summed E-state index contributed by atoms with van der Waals surface area (Å²) in [7, 11) is 3.14. The van der Waals surface area contributed by atoms with E-state index in [9.17, 15) is 4.79 Å². The van der Waals surface area contributed by atoms with E-state index >= 15 is 0 Å². The lowest BCUT2D eigenvalue weighted by molar-refractivity contribution is 0.102. The maximum Gasteiger partial charge on any atom is 0.269 e. The van der Waals surface area contributed by atoms with E-state index in [1.54, 1.807) is 38.6 Å². The summed E-state index contributed by atoms with van der Waals surface area (Å²) in [6.45, 7) is 0. The molecule has 0 aliphatic carbocycles. The van der Waals surface area contributed by atoms with Crippen molar-refractivity contribution in [3.05, 3.63) is 59.6 Å². The van der Waals surface area contributed by atoms with Gasteiger partial charge in [-0.15, -0.1) is 16.4 Å². The monoisotopic (exact) mass is 407 g/mol. The molecule has 0 unspecified atom stereocenters. The van der Waals surface area contributed by atoms with Crippen LogP contribution in [0.4, 0.5) is 5.95 Å². The molecule has 0 aliphatic rings. The summed E-state index contributed by atoms with van der Waals surface area (Å²) in [4.78, 5) is 21.7. The smallest absolute Gasteiger partial charge is 0.269 e. The summed E-state index contributed by atoms with van der Waals surface area (Å²) in [5.74, 6) is 1.55. The minimum atomic E-state index is -0.322. The van der Waals surface area contributed by atoms with Gasteiger partial charge >= 0.3 is 0 Å². The number of carbonyl (C=O) groups is 1. The second kappa shape index (κ2) is 8.11. The number of thiazole rings is 1. The summed E-state index contributed by atoms with van der Waals surface area (Å²) in [5, 5.41) is 10.3. The maximum absolute atomic E-state index is 12.5. The molecular formula is C20H17N5O3S. The zero-order valence-electron chi connectivity index (χ0n) is 15.7. The van der Waals surface area contributed by atoms with Crippen LogP contribution in [0.15, 0.2) is 54.7 Å². The molecule has 2 N–H and O–H groups in total. The zero-order valence-corrected chi connectivity index (χ0v) is 16.5. The Hall–Kier alpha value is -3.72. The van der Waals surface area contributed by atoms with E-state index in [1.165, 1.54) is 11.3 Å². The fraction of sp³-hybridized carbons (Fsp3) is 0.100. The molecule has 2 aromatic heterocycles. The number of anilines is 1. The fourth-order valence-electron chi connectivity index (χ4n) is 2.69. The number of benzene rings is 2. The highest BCUT2D eigenvalue weighted by Crippen LogP contribution is 2.31. The molecule has 9 heteroatoms. The van der Waals surface area contributed by atoms with Gasteiger partial charge in [-0.1, -0.05) is 30.3 Å². The minimum Gasteiger partial charge on any atom is -0.497 e. The summed E-state index contributed by atoms with van der Waals surface area (Å²) in [6, 6.07) is 15.0. The van der Waals surface area contributed by atoms with Gasteiger partial charge < -0.3 is 9.47 Å². The third-order valence-corrected chi connectivity index (χ3v) is 5.17. The van der Waals surface area contributed by atoms with Crippen molar-refractivity contribution in [1.29, 1.82) is 0 Å². The molecule has 1 amide bonds. The van der Waals surface area contributed by atoms with E-state index in [0.29, 0.717) is 27.8 Å². The Bertz CT molecular complexity index is 1140. The Morgan fingerprint density at radius 2 is 1.93 bits per heavy atom. The highest BCUT2D eigenvalue weighted by Gasteiger charge is 2.16. The van der Waals surface area contributed by atoms with Gasteiger partial charge in [-0.05, 0) is 12.1 Å². The second-order valence-corrected chi connectivity index (χ2v) is 6.95. The molecule has 0 bridgehead atoms. The second-order valence-electron chi connectivity index (χ2n) is 5.92. The lowest BCUT2D eigenvalue weighted by atomic mass is 10.2. The number of amides is 1. The van der Waals surface area contributed by atoms with Crippen LogP contribution in [0.5, 0.6) is 11.5 Å². The van der Waals surface area contributed by atoms with E-state index in [0.717, 1.165) is 10.6 Å². The Morgan fingerprint density at radius 1 is 1.10 bits per heavy atom. The molecule has 8 nitrogen and oxygen atoms in total. The van der Waals surface area contributed by atoms with Crippen molar-refractivity contribution in [2.75, 3.05) is 19.5 Å². The Labute approximate surface area is 170 Å². The van der Waals surface area contributed by atoms with Gasteiger partial charge in [0.1, 0.15) is 21.4 Å². The molecule has 0 saturated carbocycles. The van der Waals surface area contributed by atoms with Crippen LogP contribution in [0.1, 0.15) is 9.67 Å². The van der Waals surface area contributed by atoms with Crippen molar-refractivity contribution in [2.24, 2.45) is 0 Å². The highest BCUT2D eigenvalue weighted by molar-refractivity contribution is 7.17. The largest absolute Gasteiger partial charge is 0.497 e. The number of aromatic nitrogens is 4. The van der Waals surface area contributed by atoms with E-state index < -0.39 is 0 Å². The summed E-state index contributed by atoms with van der Waals surface area (Å²) >= 11 is 1.30. The lowest BCUT2D eigenvalue weighted by Crippen LogP contribution is -2.11. The summed E-state index contributed by atoms with van der Waals surface area (Å²) in [5.41, 5.74) is 1.66. The fourth-order valence-corrected chi connectivity index (χ4v) is 3.51. The molecule has 0 radical (unpaired) electrons. The Morgan fingerprint density at radius 3 is 2.69 bits per heavy atom. The average molecular weight is 407 g/mol. The number of nitrogens with one attached hydrogen (secondary N) is 2. The Balaban J connectivity index is 1.51. The Kier molecular flexibility index (Phi) is 5.21. The van der Waals surface area contributed by atoms with Gasteiger partial charge in [-0.3, -0.25) is 15.2 Å². The van der Waals surface area contributed by atoms with Gasteiger partial charge in [-0.25, -0.2) is 4.98 Å². The van der Waals surface area contributed by atoms with Crippen molar-refractivity contribution in [3.63, 3.8) is 0 Å². The average Bonchev–Trinajstić information content (AvgIpc) is 3.44. The molecule has 0 saturated heterocycles. The molecule has 0 spiro atoms. The van der Waals surface area contributed by atoms with Crippen molar-refractivity contribution in [3.8, 4) is 33.5 Å². The molecule has 2 heterocycles. The first-order chi connectivity index (χ1) is 14.2. The number of ether oxygens (including phenoxy) is 2. The molecule has 2 aromatic carbocycles. The predicted molar refractivity (Wildman–Crippen MR) is 110 cm³/mol. The molecule has 29 heavy (non-hydrogen) atoms. The predicted octanol–water partition coefficient (Wildman–Crippen LogP) is 3.86. The van der Waals surface area contributed by atoms with Crippen LogP contribution in [-0.2, 0) is 0 Å². The number of H-pyrrole nitrogens is 1. The van der Waals surface area contributed by atoms with Gasteiger partial charge in [0.15, 0.2) is 5.82 Å². The number of aromatic amines is 1. The van der Waals surface area contributed by atoms with Crippen LogP contribution >= 0.6 is 11.3 Å². The number of hydrogen-bond donors (Lipinski definition) is 2. The van der Waals surface area contributed by atoms with Crippen LogP contribution in [-0.4, -0.2) is 40.3 Å². The number of carbonyl (C=O) groups excluding carboxylic acids is 1. The lowest BCUT2D eigenvalue weighted by Gasteiger charge is -2.07. The topological polar surface area (TPSA) is 102 Å². The molecule has 4 aromatic rings. The first-order valence-electron chi connectivity index (χ1n) is 8.65. The van der Waals surface area contributed by atoms with E-state index in [-0.39, 0.29) is 11.9 Å². The van der Waals surface area contributed by atoms with E-state index in [1.807, 2.05) is 30.3 Å². The van der Waals surface area contributed by atoms with Crippen molar-refractivity contribution < 1.29 is 14.3 Å². The summed E-state index contributed by atoms with van der Waals surface area (Å²) < 4.78 is 10.6. The van der Waals surface area contributed by atoms with Crippen molar-refractivity contribution in [1.82, 2.24) is 20.2 Å². The normalized spacial score (nSPS) is 10.6. The molecule has 0 atom stereocenters. The molecular weight excluding hydrogens is 390 g/mol. The van der Waals surface area contributed by atoms with Gasteiger partial charge in [0.2, 0.25) is 5.95 Å². The molecule has 4 rings (SSSR count). The standard InChI is InChI=1S/C20H17N5O3S/c1-27-13-8-9-14(15(10-13)28-2)17-22-20(25-24-17)23-18(26)16-11-21-19(29-16)12-6-4-3-5-7-12/h3-11H,1-2H3,(H2,22,23,24,25,26). The van der Waals surface area contributed by atoms with Crippen molar-refractivity contribution in [2.45, 2.75) is 0 Å². The van der Waals surface area contributed by atoms with Crippen LogP contribution < -0.4 is 14.8 Å². The third kappa shape index (κ3) is 3.94. The van der Waals surface area contributed by atoms with Gasteiger partial charge in [0.05, 0.1) is 26.0 Å². The van der Waals surface area contributed by atoms with Gasteiger partial charge in [-0.2, -0.15) is 4.98 Å². The molecule has 146 valence electrons. The molecule has 0 fully saturated rings. The van der Waals surface area contributed by atoms with Crippen LogP contribution in [0.3, 0.4) is 0 Å². The first kappa shape index (κ1) is 18.6. The quantitative estimate of drug-likeness (QED) is 0.503. The SMILES string of the molecule is COc1ccc(-c2nc(NC(=O)c3cnc(-c4ccccc4)s3)n[nH]2)c(OC)c1. The first-order valence-corrected chi connectivity index (χ1v) is 9.47. The summed E-state index contributed by atoms with van der Waals surface area (Å²) in [6.07, 6.45) is 1.54. The van der Waals surface area contributed by atoms with E-state index in [4.69, 9.17) is 9.47 Å². The number of hydrogen-bond acceptors (Lipinski definition) is 7. The van der Waals surface area contributed by atoms with Gasteiger partial charge in [0.25, 0.3) is 5.91 Å². The number of rotatable bonds is 6. The number of methoxy groups -OCH3 is 2. The van der Waals surface area contributed by atoms with Gasteiger partial charge in [0, 0.05) is 11.6 Å². The van der Waals surface area contributed by atoms with Crippen LogP contribution in [0.2, 0.25) is 0 Å². The maximum atomic E-state index is 12.5. The number of nitrogens with zero attached hydrogens (tertiary/aromatic N) is 3. The van der Waals surface area contributed by atoms with Crippen LogP contribution in [0, 0.1) is 0 Å². The molecule has 0 aliphatic heterocycles. The van der Waals surface area contributed by atoms with Crippen molar-refractivity contribution >= 4 is 23.2 Å². The minimum absolute atomic E-state index is 0.164. The van der Waals surface area contributed by atoms with E-state index in [2.05, 4.69) is 25.5 Å².